The number of carbonyl (C=O) groups excluding carboxylic acids is 1. The highest BCUT2D eigenvalue weighted by molar-refractivity contribution is 14.1. The number of methoxy groups -OCH3 is 1. The molecule has 0 heterocycles. The number of hydrazone groups is 1. The van der Waals surface area contributed by atoms with Crippen LogP contribution in [-0.4, -0.2) is 18.7 Å². The first-order valence-corrected chi connectivity index (χ1v) is 7.63. The van der Waals surface area contributed by atoms with E-state index in [-0.39, 0.29) is 5.91 Å². The van der Waals surface area contributed by atoms with Crippen molar-refractivity contribution in [1.82, 2.24) is 5.43 Å². The summed E-state index contributed by atoms with van der Waals surface area (Å²) >= 11 is 2.12. The molecule has 0 aliphatic carbocycles. The number of amides is 1. The Balaban J connectivity index is 2.10. The number of hydrogen-bond donors (Lipinski definition) is 2. The summed E-state index contributed by atoms with van der Waals surface area (Å²) in [5.41, 5.74) is 11.0. The van der Waals surface area contributed by atoms with Crippen molar-refractivity contribution in [3.05, 3.63) is 57.2 Å². The summed E-state index contributed by atoms with van der Waals surface area (Å²) in [6.07, 6.45) is 0. The molecule has 1 amide bonds. The average Bonchev–Trinajstić information content (AvgIpc) is 2.52. The Morgan fingerprint density at radius 1 is 1.18 bits per heavy atom. The number of rotatable bonds is 4. The topological polar surface area (TPSA) is 76.7 Å². The van der Waals surface area contributed by atoms with Crippen molar-refractivity contribution in [1.29, 1.82) is 0 Å². The summed E-state index contributed by atoms with van der Waals surface area (Å²) in [7, 11) is 1.59. The number of ether oxygens (including phenoxy) is 1. The molecule has 22 heavy (non-hydrogen) atoms. The third-order valence-corrected chi connectivity index (χ3v) is 3.91. The summed E-state index contributed by atoms with van der Waals surface area (Å²) in [6, 6.07) is 12.5. The van der Waals surface area contributed by atoms with Crippen molar-refractivity contribution in [3.8, 4) is 5.75 Å². The molecule has 0 aliphatic rings. The van der Waals surface area contributed by atoms with E-state index in [2.05, 4.69) is 33.1 Å². The van der Waals surface area contributed by atoms with Crippen LogP contribution < -0.4 is 15.9 Å². The maximum atomic E-state index is 12.1. The minimum Gasteiger partial charge on any atom is -0.496 e. The van der Waals surface area contributed by atoms with Gasteiger partial charge in [-0.3, -0.25) is 4.79 Å². The van der Waals surface area contributed by atoms with E-state index in [1.165, 1.54) is 0 Å². The van der Waals surface area contributed by atoms with Crippen LogP contribution in [0.5, 0.6) is 5.75 Å². The lowest BCUT2D eigenvalue weighted by Gasteiger charge is -2.06. The van der Waals surface area contributed by atoms with Crippen LogP contribution in [0.15, 0.2) is 47.6 Å². The Morgan fingerprint density at radius 2 is 1.82 bits per heavy atom. The smallest absolute Gasteiger partial charge is 0.271 e. The van der Waals surface area contributed by atoms with Crippen molar-refractivity contribution in [2.45, 2.75) is 6.92 Å². The summed E-state index contributed by atoms with van der Waals surface area (Å²) in [6.45, 7) is 1.82. The van der Waals surface area contributed by atoms with E-state index >= 15 is 0 Å². The van der Waals surface area contributed by atoms with Crippen LogP contribution in [0.1, 0.15) is 22.8 Å². The molecule has 2 rings (SSSR count). The fourth-order valence-electron chi connectivity index (χ4n) is 1.80. The molecule has 2 aromatic rings. The van der Waals surface area contributed by atoms with Gasteiger partial charge in [-0.1, -0.05) is 12.1 Å². The number of nitrogen functional groups attached to an aromatic ring is 1. The molecule has 0 spiro atoms. The lowest BCUT2D eigenvalue weighted by Crippen LogP contribution is -2.19. The molecule has 0 bridgehead atoms. The minimum atomic E-state index is -0.268. The number of hydrogen-bond acceptors (Lipinski definition) is 4. The highest BCUT2D eigenvalue weighted by atomic mass is 127. The molecule has 2 aromatic carbocycles. The Kier molecular flexibility index (Phi) is 5.37. The molecule has 0 saturated carbocycles. The summed E-state index contributed by atoms with van der Waals surface area (Å²) < 4.78 is 6.04. The number of nitrogens with one attached hydrogen (secondary N) is 1. The fraction of sp³-hybridized carbons (Fsp3) is 0.125. The van der Waals surface area contributed by atoms with Gasteiger partial charge in [-0.25, -0.2) is 5.43 Å². The van der Waals surface area contributed by atoms with Gasteiger partial charge < -0.3 is 10.5 Å². The van der Waals surface area contributed by atoms with E-state index in [0.29, 0.717) is 17.0 Å². The van der Waals surface area contributed by atoms with Crippen LogP contribution in [-0.2, 0) is 0 Å². The van der Waals surface area contributed by atoms with Gasteiger partial charge in [-0.15, -0.1) is 0 Å². The van der Waals surface area contributed by atoms with Crippen LogP contribution in [0.3, 0.4) is 0 Å². The summed E-state index contributed by atoms with van der Waals surface area (Å²) in [4.78, 5) is 12.1. The van der Waals surface area contributed by atoms with E-state index in [9.17, 15) is 4.79 Å². The molecule has 114 valence electrons. The van der Waals surface area contributed by atoms with Crippen LogP contribution in [0.4, 0.5) is 5.69 Å². The van der Waals surface area contributed by atoms with Crippen molar-refractivity contribution in [2.75, 3.05) is 12.8 Å². The van der Waals surface area contributed by atoms with Crippen molar-refractivity contribution in [2.24, 2.45) is 5.10 Å². The monoisotopic (exact) mass is 409 g/mol. The molecule has 0 aliphatic heterocycles. The van der Waals surface area contributed by atoms with Crippen molar-refractivity contribution < 1.29 is 9.53 Å². The van der Waals surface area contributed by atoms with E-state index in [1.54, 1.807) is 37.4 Å². The largest absolute Gasteiger partial charge is 0.496 e. The second-order valence-corrected chi connectivity index (χ2v) is 5.77. The SMILES string of the molecule is COc1ccc(C(=O)NN=C(C)c2ccc(N)cc2)cc1I. The number of benzene rings is 2. The standard InChI is InChI=1S/C16H16IN3O2/c1-10(11-3-6-13(18)7-4-11)19-20-16(21)12-5-8-15(22-2)14(17)9-12/h3-9H,18H2,1-2H3,(H,20,21). The number of carbonyl (C=O) groups is 1. The second-order valence-electron chi connectivity index (χ2n) is 4.61. The van der Waals surface area contributed by atoms with Gasteiger partial charge in [0.2, 0.25) is 0 Å². The summed E-state index contributed by atoms with van der Waals surface area (Å²) in [5.74, 6) is 0.467. The molecule has 0 atom stereocenters. The molecular weight excluding hydrogens is 393 g/mol. The predicted octanol–water partition coefficient (Wildman–Crippen LogP) is 3.04. The van der Waals surface area contributed by atoms with Crippen LogP contribution >= 0.6 is 22.6 Å². The Bertz CT molecular complexity index is 712. The highest BCUT2D eigenvalue weighted by Crippen LogP contribution is 2.21. The lowest BCUT2D eigenvalue weighted by molar-refractivity contribution is 0.0954. The van der Waals surface area contributed by atoms with Gasteiger partial charge in [0, 0.05) is 11.3 Å². The first-order chi connectivity index (χ1) is 10.5. The van der Waals surface area contributed by atoms with E-state index in [0.717, 1.165) is 14.9 Å². The maximum absolute atomic E-state index is 12.1. The average molecular weight is 409 g/mol. The molecule has 0 radical (unpaired) electrons. The first kappa shape index (κ1) is 16.3. The van der Waals surface area contributed by atoms with E-state index in [4.69, 9.17) is 10.5 Å². The van der Waals surface area contributed by atoms with Gasteiger partial charge in [0.25, 0.3) is 5.91 Å². The molecular formula is C16H16IN3O2. The number of nitrogens with two attached hydrogens (primary N) is 1. The lowest BCUT2D eigenvalue weighted by atomic mass is 10.1. The molecule has 0 aromatic heterocycles. The van der Waals surface area contributed by atoms with Crippen molar-refractivity contribution in [3.63, 3.8) is 0 Å². The molecule has 6 heteroatoms. The Morgan fingerprint density at radius 3 is 2.41 bits per heavy atom. The van der Waals surface area contributed by atoms with Crippen LogP contribution in [0, 0.1) is 3.57 Å². The third kappa shape index (κ3) is 3.97. The minimum absolute atomic E-state index is 0.268. The zero-order valence-corrected chi connectivity index (χ0v) is 14.4. The quantitative estimate of drug-likeness (QED) is 0.353. The Labute approximate surface area is 142 Å². The van der Waals surface area contributed by atoms with E-state index < -0.39 is 0 Å². The van der Waals surface area contributed by atoms with Gasteiger partial charge in [-0.2, -0.15) is 5.10 Å². The molecule has 5 nitrogen and oxygen atoms in total. The van der Waals surface area contributed by atoms with Crippen LogP contribution in [0.25, 0.3) is 0 Å². The van der Waals surface area contributed by atoms with E-state index in [1.807, 2.05) is 19.1 Å². The fourth-order valence-corrected chi connectivity index (χ4v) is 2.53. The summed E-state index contributed by atoms with van der Waals surface area (Å²) in [5, 5.41) is 4.12. The van der Waals surface area contributed by atoms with Gasteiger partial charge in [0.05, 0.1) is 16.4 Å². The maximum Gasteiger partial charge on any atom is 0.271 e. The van der Waals surface area contributed by atoms with Crippen LogP contribution in [0.2, 0.25) is 0 Å². The van der Waals surface area contributed by atoms with Gasteiger partial charge in [-0.05, 0) is 65.4 Å². The first-order valence-electron chi connectivity index (χ1n) is 6.55. The predicted molar refractivity (Wildman–Crippen MR) is 96.2 cm³/mol. The zero-order chi connectivity index (χ0) is 16.1. The molecule has 0 fully saturated rings. The number of anilines is 1. The third-order valence-electron chi connectivity index (χ3n) is 3.07. The van der Waals surface area contributed by atoms with Crippen molar-refractivity contribution >= 4 is 39.9 Å². The normalized spacial score (nSPS) is 11.1. The second kappa shape index (κ2) is 7.26. The molecule has 3 N–H and O–H groups in total. The van der Waals surface area contributed by atoms with Gasteiger partial charge >= 0.3 is 0 Å². The highest BCUT2D eigenvalue weighted by Gasteiger charge is 2.08. The van der Waals surface area contributed by atoms with Gasteiger partial charge in [0.15, 0.2) is 0 Å². The number of nitrogens with zero attached hydrogens (tertiary/aromatic N) is 1. The van der Waals surface area contributed by atoms with Gasteiger partial charge in [0.1, 0.15) is 5.75 Å². The Hall–Kier alpha value is -2.09. The molecule has 0 saturated heterocycles. The number of halogens is 1. The zero-order valence-electron chi connectivity index (χ0n) is 12.3. The molecule has 0 unspecified atom stereocenters.